The first-order valence-electron chi connectivity index (χ1n) is 7.65. The molecule has 0 amide bonds. The Morgan fingerprint density at radius 1 is 0.955 bits per heavy atom. The molecule has 2 aromatic rings. The molecule has 0 radical (unpaired) electrons. The van der Waals surface area contributed by atoms with Gasteiger partial charge in [-0.2, -0.15) is 0 Å². The van der Waals surface area contributed by atoms with E-state index in [-0.39, 0.29) is 6.04 Å². The normalized spacial score (nSPS) is 16.9. The standard InChI is InChI=1S/C18H20Cl2N2/c19-16-7-5-13(6-8-16)18(21)14-3-4-15(17(20)11-14)12-22-9-1-2-10-22/h3-8,11,18H,1-2,9-10,12,21H2. The van der Waals surface area contributed by atoms with Gasteiger partial charge in [0.1, 0.15) is 0 Å². The van der Waals surface area contributed by atoms with E-state index in [9.17, 15) is 0 Å². The van der Waals surface area contributed by atoms with Crippen LogP contribution in [0.4, 0.5) is 0 Å². The largest absolute Gasteiger partial charge is 0.320 e. The zero-order valence-electron chi connectivity index (χ0n) is 12.4. The first-order chi connectivity index (χ1) is 10.6. The van der Waals surface area contributed by atoms with Crippen LogP contribution in [-0.2, 0) is 6.54 Å². The molecule has 3 rings (SSSR count). The van der Waals surface area contributed by atoms with Gasteiger partial charge in [-0.15, -0.1) is 0 Å². The quantitative estimate of drug-likeness (QED) is 0.882. The van der Waals surface area contributed by atoms with Gasteiger partial charge in [0.25, 0.3) is 0 Å². The summed E-state index contributed by atoms with van der Waals surface area (Å²) in [6, 6.07) is 13.6. The number of likely N-dealkylation sites (tertiary alicyclic amines) is 1. The minimum absolute atomic E-state index is 0.185. The van der Waals surface area contributed by atoms with Crippen LogP contribution >= 0.6 is 23.2 Å². The molecular weight excluding hydrogens is 315 g/mol. The Balaban J connectivity index is 1.77. The maximum atomic E-state index is 6.46. The second kappa shape index (κ2) is 7.01. The van der Waals surface area contributed by atoms with E-state index in [0.717, 1.165) is 27.7 Å². The van der Waals surface area contributed by atoms with Gasteiger partial charge in [-0.1, -0.05) is 47.5 Å². The van der Waals surface area contributed by atoms with E-state index in [1.54, 1.807) is 0 Å². The Hall–Kier alpha value is -1.06. The van der Waals surface area contributed by atoms with Gasteiger partial charge in [0.05, 0.1) is 6.04 Å². The molecular formula is C18H20Cl2N2. The average molecular weight is 335 g/mol. The minimum Gasteiger partial charge on any atom is -0.320 e. The van der Waals surface area contributed by atoms with Crippen molar-refractivity contribution in [1.82, 2.24) is 4.90 Å². The van der Waals surface area contributed by atoms with Gasteiger partial charge in [0.2, 0.25) is 0 Å². The van der Waals surface area contributed by atoms with Crippen LogP contribution in [0.25, 0.3) is 0 Å². The maximum Gasteiger partial charge on any atom is 0.0552 e. The molecule has 1 heterocycles. The third-order valence-corrected chi connectivity index (χ3v) is 4.86. The summed E-state index contributed by atoms with van der Waals surface area (Å²) in [5.41, 5.74) is 9.57. The molecule has 1 aliphatic heterocycles. The molecule has 1 unspecified atom stereocenters. The molecule has 0 bridgehead atoms. The molecule has 116 valence electrons. The van der Waals surface area contributed by atoms with Crippen LogP contribution < -0.4 is 5.73 Å². The number of nitrogens with two attached hydrogens (primary N) is 1. The Morgan fingerprint density at radius 2 is 1.59 bits per heavy atom. The molecule has 2 N–H and O–H groups in total. The van der Waals surface area contributed by atoms with E-state index in [4.69, 9.17) is 28.9 Å². The maximum absolute atomic E-state index is 6.46. The van der Waals surface area contributed by atoms with Crippen LogP contribution in [0, 0.1) is 0 Å². The molecule has 1 atom stereocenters. The molecule has 2 aromatic carbocycles. The Bertz CT molecular complexity index is 634. The van der Waals surface area contributed by atoms with Crippen LogP contribution in [-0.4, -0.2) is 18.0 Å². The summed E-state index contributed by atoms with van der Waals surface area (Å²) in [7, 11) is 0. The van der Waals surface area contributed by atoms with Crippen molar-refractivity contribution in [2.45, 2.75) is 25.4 Å². The lowest BCUT2D eigenvalue weighted by molar-refractivity contribution is 0.331. The van der Waals surface area contributed by atoms with Crippen molar-refractivity contribution in [3.05, 3.63) is 69.2 Å². The fourth-order valence-corrected chi connectivity index (χ4v) is 3.30. The highest BCUT2D eigenvalue weighted by Crippen LogP contribution is 2.27. The van der Waals surface area contributed by atoms with Crippen molar-refractivity contribution in [3.8, 4) is 0 Å². The van der Waals surface area contributed by atoms with E-state index in [1.165, 1.54) is 31.5 Å². The van der Waals surface area contributed by atoms with Crippen LogP contribution in [0.3, 0.4) is 0 Å². The van der Waals surface area contributed by atoms with Crippen molar-refractivity contribution in [1.29, 1.82) is 0 Å². The summed E-state index contributed by atoms with van der Waals surface area (Å²) >= 11 is 12.4. The summed E-state index contributed by atoms with van der Waals surface area (Å²) in [5, 5.41) is 1.52. The molecule has 1 aliphatic rings. The van der Waals surface area contributed by atoms with Crippen molar-refractivity contribution in [3.63, 3.8) is 0 Å². The number of nitrogens with zero attached hydrogens (tertiary/aromatic N) is 1. The van der Waals surface area contributed by atoms with E-state index in [0.29, 0.717) is 0 Å². The van der Waals surface area contributed by atoms with Gasteiger partial charge in [0.15, 0.2) is 0 Å². The Morgan fingerprint density at radius 3 is 2.23 bits per heavy atom. The lowest BCUT2D eigenvalue weighted by Crippen LogP contribution is -2.19. The lowest BCUT2D eigenvalue weighted by Gasteiger charge is -2.18. The molecule has 1 saturated heterocycles. The minimum atomic E-state index is -0.185. The Labute approximate surface area is 141 Å². The molecule has 22 heavy (non-hydrogen) atoms. The first kappa shape index (κ1) is 15.8. The lowest BCUT2D eigenvalue weighted by atomic mass is 9.98. The van der Waals surface area contributed by atoms with E-state index < -0.39 is 0 Å². The topological polar surface area (TPSA) is 29.3 Å². The highest BCUT2D eigenvalue weighted by molar-refractivity contribution is 6.31. The zero-order chi connectivity index (χ0) is 15.5. The van der Waals surface area contributed by atoms with Crippen LogP contribution in [0.1, 0.15) is 35.6 Å². The highest BCUT2D eigenvalue weighted by atomic mass is 35.5. The summed E-state index contributed by atoms with van der Waals surface area (Å²) < 4.78 is 0. The van der Waals surface area contributed by atoms with Gasteiger partial charge in [0, 0.05) is 16.6 Å². The fourth-order valence-electron chi connectivity index (χ4n) is 2.93. The van der Waals surface area contributed by atoms with Gasteiger partial charge in [-0.25, -0.2) is 0 Å². The third kappa shape index (κ3) is 3.64. The predicted molar refractivity (Wildman–Crippen MR) is 93.4 cm³/mol. The van der Waals surface area contributed by atoms with E-state index >= 15 is 0 Å². The van der Waals surface area contributed by atoms with E-state index in [2.05, 4.69) is 17.0 Å². The zero-order valence-corrected chi connectivity index (χ0v) is 13.9. The first-order valence-corrected chi connectivity index (χ1v) is 8.41. The summed E-state index contributed by atoms with van der Waals surface area (Å²) in [6.07, 6.45) is 2.58. The SMILES string of the molecule is NC(c1ccc(Cl)cc1)c1ccc(CN2CCCC2)c(Cl)c1. The number of hydrogen-bond donors (Lipinski definition) is 1. The van der Waals surface area contributed by atoms with Crippen LogP contribution in [0.5, 0.6) is 0 Å². The van der Waals surface area contributed by atoms with Gasteiger partial charge < -0.3 is 5.73 Å². The number of hydrogen-bond acceptors (Lipinski definition) is 2. The molecule has 1 fully saturated rings. The third-order valence-electron chi connectivity index (χ3n) is 4.26. The van der Waals surface area contributed by atoms with Crippen LogP contribution in [0.2, 0.25) is 10.0 Å². The van der Waals surface area contributed by atoms with Crippen molar-refractivity contribution < 1.29 is 0 Å². The second-order valence-corrected chi connectivity index (χ2v) is 6.71. The second-order valence-electron chi connectivity index (χ2n) is 5.86. The van der Waals surface area contributed by atoms with Gasteiger partial charge in [-0.05, 0) is 60.8 Å². The predicted octanol–water partition coefficient (Wildman–Crippen LogP) is 4.64. The fraction of sp³-hybridized carbons (Fsp3) is 0.333. The number of rotatable bonds is 4. The van der Waals surface area contributed by atoms with Crippen molar-refractivity contribution in [2.75, 3.05) is 13.1 Å². The van der Waals surface area contributed by atoms with Gasteiger partial charge >= 0.3 is 0 Å². The molecule has 4 heteroatoms. The number of benzene rings is 2. The van der Waals surface area contributed by atoms with Crippen molar-refractivity contribution >= 4 is 23.2 Å². The molecule has 2 nitrogen and oxygen atoms in total. The molecule has 0 aromatic heterocycles. The Kier molecular flexibility index (Phi) is 5.04. The van der Waals surface area contributed by atoms with Gasteiger partial charge in [-0.3, -0.25) is 4.90 Å². The monoisotopic (exact) mass is 334 g/mol. The highest BCUT2D eigenvalue weighted by Gasteiger charge is 2.15. The summed E-state index contributed by atoms with van der Waals surface area (Å²) in [5.74, 6) is 0. The summed E-state index contributed by atoms with van der Waals surface area (Å²) in [4.78, 5) is 2.44. The molecule has 0 saturated carbocycles. The van der Waals surface area contributed by atoms with E-state index in [1.807, 2.05) is 30.3 Å². The smallest absolute Gasteiger partial charge is 0.0552 e. The molecule has 0 spiro atoms. The van der Waals surface area contributed by atoms with Crippen molar-refractivity contribution in [2.24, 2.45) is 5.73 Å². The average Bonchev–Trinajstić information content (AvgIpc) is 3.02. The molecule has 0 aliphatic carbocycles. The van der Waals surface area contributed by atoms with Crippen LogP contribution in [0.15, 0.2) is 42.5 Å². The summed E-state index contributed by atoms with van der Waals surface area (Å²) in [6.45, 7) is 3.26. The number of halogens is 2.